The summed E-state index contributed by atoms with van der Waals surface area (Å²) in [5.74, 6) is 0.876. The highest BCUT2D eigenvalue weighted by Gasteiger charge is 2.35. The Morgan fingerprint density at radius 1 is 1.14 bits per heavy atom. The predicted octanol–water partition coefficient (Wildman–Crippen LogP) is 3.73. The second kappa shape index (κ2) is 6.10. The summed E-state index contributed by atoms with van der Waals surface area (Å²) >= 11 is 0. The first-order valence-corrected chi connectivity index (χ1v) is 8.60. The molecule has 2 heteroatoms. The first kappa shape index (κ1) is 15.1. The van der Waals surface area contributed by atoms with Gasteiger partial charge in [0, 0.05) is 6.04 Å². The zero-order valence-corrected chi connectivity index (χ0v) is 13.9. The first-order chi connectivity index (χ1) is 10.1. The summed E-state index contributed by atoms with van der Waals surface area (Å²) in [6.45, 7) is 8.53. The summed E-state index contributed by atoms with van der Waals surface area (Å²) in [6.07, 6.45) is 5.33. The number of hydrogen-bond donors (Lipinski definition) is 1. The third kappa shape index (κ3) is 3.02. The number of nitrogens with one attached hydrogen (secondary N) is 1. The van der Waals surface area contributed by atoms with Gasteiger partial charge < -0.3 is 5.32 Å². The van der Waals surface area contributed by atoms with Crippen molar-refractivity contribution in [3.05, 3.63) is 35.4 Å². The van der Waals surface area contributed by atoms with Crippen molar-refractivity contribution in [1.29, 1.82) is 0 Å². The van der Waals surface area contributed by atoms with E-state index >= 15 is 0 Å². The third-order valence-electron chi connectivity index (χ3n) is 5.67. The highest BCUT2D eigenvalue weighted by atomic mass is 15.2. The van der Waals surface area contributed by atoms with Gasteiger partial charge >= 0.3 is 0 Å². The van der Waals surface area contributed by atoms with Crippen molar-refractivity contribution in [3.8, 4) is 0 Å². The van der Waals surface area contributed by atoms with Gasteiger partial charge in [0.15, 0.2) is 0 Å². The van der Waals surface area contributed by atoms with Crippen LogP contribution in [-0.4, -0.2) is 31.6 Å². The molecule has 0 amide bonds. The van der Waals surface area contributed by atoms with Crippen LogP contribution in [0.4, 0.5) is 0 Å². The van der Waals surface area contributed by atoms with Gasteiger partial charge in [0.25, 0.3) is 0 Å². The Bertz CT molecular complexity index is 472. The Hall–Kier alpha value is -0.860. The van der Waals surface area contributed by atoms with E-state index in [4.69, 9.17) is 0 Å². The lowest BCUT2D eigenvalue weighted by Crippen LogP contribution is -2.41. The van der Waals surface area contributed by atoms with Crippen LogP contribution in [0.15, 0.2) is 24.3 Å². The normalized spacial score (nSPS) is 26.5. The zero-order valence-electron chi connectivity index (χ0n) is 13.9. The van der Waals surface area contributed by atoms with Crippen LogP contribution in [0.3, 0.4) is 0 Å². The van der Waals surface area contributed by atoms with Crippen molar-refractivity contribution in [2.45, 2.75) is 51.0 Å². The summed E-state index contributed by atoms with van der Waals surface area (Å²) in [4.78, 5) is 2.75. The quantitative estimate of drug-likeness (QED) is 0.911. The molecule has 0 aromatic heterocycles. The summed E-state index contributed by atoms with van der Waals surface area (Å²) in [7, 11) is 2.08. The molecular formula is C19H30N2. The van der Waals surface area contributed by atoms with Crippen molar-refractivity contribution in [1.82, 2.24) is 10.2 Å². The van der Waals surface area contributed by atoms with Gasteiger partial charge in [0.2, 0.25) is 0 Å². The van der Waals surface area contributed by atoms with Crippen LogP contribution in [0.2, 0.25) is 0 Å². The van der Waals surface area contributed by atoms with E-state index < -0.39 is 0 Å². The molecule has 116 valence electrons. The molecular weight excluding hydrogens is 256 g/mol. The minimum atomic E-state index is 0.345. The summed E-state index contributed by atoms with van der Waals surface area (Å²) in [5.41, 5.74) is 3.52. The van der Waals surface area contributed by atoms with Gasteiger partial charge in [-0.3, -0.25) is 4.90 Å². The van der Waals surface area contributed by atoms with Crippen molar-refractivity contribution in [2.75, 3.05) is 26.7 Å². The Morgan fingerprint density at radius 3 is 2.57 bits per heavy atom. The van der Waals surface area contributed by atoms with E-state index in [0.29, 0.717) is 11.5 Å². The standard InChI is InChI=1S/C19H30N2/c1-19(2)11-8-18(16-6-4-5-7-17(16)19)21-12-9-15(10-13-21)14-20-3/h4-7,15,18,20H,8-14H2,1-3H3. The maximum absolute atomic E-state index is 3.34. The lowest BCUT2D eigenvalue weighted by molar-refractivity contribution is 0.112. The predicted molar refractivity (Wildman–Crippen MR) is 89.7 cm³/mol. The molecule has 0 spiro atoms. The molecule has 2 aliphatic rings. The molecule has 1 N–H and O–H groups in total. The molecule has 1 unspecified atom stereocenters. The Balaban J connectivity index is 1.76. The highest BCUT2D eigenvalue weighted by Crippen LogP contribution is 2.44. The van der Waals surface area contributed by atoms with E-state index in [-0.39, 0.29) is 0 Å². The van der Waals surface area contributed by atoms with Crippen LogP contribution < -0.4 is 5.32 Å². The second-order valence-electron chi connectivity index (χ2n) is 7.56. The molecule has 1 aliphatic heterocycles. The lowest BCUT2D eigenvalue weighted by Gasteiger charge is -2.44. The van der Waals surface area contributed by atoms with Gasteiger partial charge in [-0.1, -0.05) is 38.1 Å². The SMILES string of the molecule is CNCC1CCN(C2CCC(C)(C)c3ccccc32)CC1. The summed E-state index contributed by atoms with van der Waals surface area (Å²) in [5, 5.41) is 3.34. The number of benzene rings is 1. The molecule has 0 radical (unpaired) electrons. The van der Waals surface area contributed by atoms with Crippen LogP contribution in [0.5, 0.6) is 0 Å². The number of piperidine rings is 1. The van der Waals surface area contributed by atoms with Crippen molar-refractivity contribution >= 4 is 0 Å². The average Bonchev–Trinajstić information content (AvgIpc) is 2.49. The molecule has 0 bridgehead atoms. The van der Waals surface area contributed by atoms with Crippen molar-refractivity contribution in [3.63, 3.8) is 0 Å². The van der Waals surface area contributed by atoms with Gasteiger partial charge in [-0.05, 0) is 74.8 Å². The Morgan fingerprint density at radius 2 is 1.86 bits per heavy atom. The molecule has 1 atom stereocenters. The highest BCUT2D eigenvalue weighted by molar-refractivity contribution is 5.38. The van der Waals surface area contributed by atoms with E-state index in [1.165, 1.54) is 45.3 Å². The van der Waals surface area contributed by atoms with Gasteiger partial charge in [0.05, 0.1) is 0 Å². The third-order valence-corrected chi connectivity index (χ3v) is 5.67. The topological polar surface area (TPSA) is 15.3 Å². The van der Waals surface area contributed by atoms with Gasteiger partial charge in [-0.2, -0.15) is 0 Å². The van der Waals surface area contributed by atoms with Crippen LogP contribution in [0.1, 0.15) is 56.7 Å². The second-order valence-corrected chi connectivity index (χ2v) is 7.56. The Labute approximate surface area is 129 Å². The van der Waals surface area contributed by atoms with E-state index in [1.54, 1.807) is 11.1 Å². The zero-order chi connectivity index (χ0) is 14.9. The summed E-state index contributed by atoms with van der Waals surface area (Å²) < 4.78 is 0. The maximum atomic E-state index is 3.34. The van der Waals surface area contributed by atoms with E-state index in [1.807, 2.05) is 0 Å². The molecule has 1 heterocycles. The number of nitrogens with zero attached hydrogens (tertiary/aromatic N) is 1. The number of hydrogen-bond acceptors (Lipinski definition) is 2. The average molecular weight is 286 g/mol. The van der Waals surface area contributed by atoms with Gasteiger partial charge in [0.1, 0.15) is 0 Å². The number of fused-ring (bicyclic) bond motifs is 1. The van der Waals surface area contributed by atoms with Crippen molar-refractivity contribution < 1.29 is 0 Å². The molecule has 1 aromatic carbocycles. The maximum Gasteiger partial charge on any atom is 0.0351 e. The lowest BCUT2D eigenvalue weighted by atomic mass is 9.70. The molecule has 3 rings (SSSR count). The van der Waals surface area contributed by atoms with Crippen molar-refractivity contribution in [2.24, 2.45) is 5.92 Å². The molecule has 1 aromatic rings. The molecule has 1 fully saturated rings. The number of likely N-dealkylation sites (tertiary alicyclic amines) is 1. The fraction of sp³-hybridized carbons (Fsp3) is 0.684. The summed E-state index contributed by atoms with van der Waals surface area (Å²) in [6, 6.07) is 9.82. The van der Waals surface area contributed by atoms with Gasteiger partial charge in [-0.15, -0.1) is 0 Å². The fourth-order valence-corrected chi connectivity index (χ4v) is 4.33. The molecule has 1 aliphatic carbocycles. The first-order valence-electron chi connectivity index (χ1n) is 8.60. The smallest absolute Gasteiger partial charge is 0.0351 e. The molecule has 1 saturated heterocycles. The molecule has 21 heavy (non-hydrogen) atoms. The fourth-order valence-electron chi connectivity index (χ4n) is 4.33. The van der Waals surface area contributed by atoms with E-state index in [0.717, 1.165) is 5.92 Å². The van der Waals surface area contributed by atoms with Crippen LogP contribution in [-0.2, 0) is 5.41 Å². The number of rotatable bonds is 3. The van der Waals surface area contributed by atoms with Gasteiger partial charge in [-0.25, -0.2) is 0 Å². The van der Waals surface area contributed by atoms with Crippen LogP contribution >= 0.6 is 0 Å². The van der Waals surface area contributed by atoms with E-state index in [9.17, 15) is 0 Å². The van der Waals surface area contributed by atoms with E-state index in [2.05, 4.69) is 55.4 Å². The Kier molecular flexibility index (Phi) is 4.37. The van der Waals surface area contributed by atoms with Crippen LogP contribution in [0.25, 0.3) is 0 Å². The minimum absolute atomic E-state index is 0.345. The molecule has 2 nitrogen and oxygen atoms in total. The minimum Gasteiger partial charge on any atom is -0.319 e. The largest absolute Gasteiger partial charge is 0.319 e. The molecule has 0 saturated carbocycles. The monoisotopic (exact) mass is 286 g/mol. The van der Waals surface area contributed by atoms with Crippen LogP contribution in [0, 0.1) is 5.92 Å².